The summed E-state index contributed by atoms with van der Waals surface area (Å²) >= 11 is 0. The SMILES string of the molecule is CC.CC(=O)NCCNCCNC=O. The fourth-order valence-electron chi connectivity index (χ4n) is 0.671. The van der Waals surface area contributed by atoms with Gasteiger partial charge in [0, 0.05) is 33.1 Å². The van der Waals surface area contributed by atoms with Crippen LogP contribution in [-0.2, 0) is 9.59 Å². The molecule has 14 heavy (non-hydrogen) atoms. The van der Waals surface area contributed by atoms with Gasteiger partial charge < -0.3 is 16.0 Å². The molecule has 0 spiro atoms. The first-order valence-electron chi connectivity index (χ1n) is 4.89. The van der Waals surface area contributed by atoms with Crippen molar-refractivity contribution in [3.8, 4) is 0 Å². The first-order valence-corrected chi connectivity index (χ1v) is 4.89. The number of amides is 2. The lowest BCUT2D eigenvalue weighted by Gasteiger charge is -2.03. The van der Waals surface area contributed by atoms with Gasteiger partial charge in [-0.1, -0.05) is 13.8 Å². The first kappa shape index (κ1) is 15.4. The molecule has 0 aromatic rings. The Labute approximate surface area is 85.6 Å². The summed E-state index contributed by atoms with van der Waals surface area (Å²) in [6.07, 6.45) is 0.662. The number of nitrogens with one attached hydrogen (secondary N) is 3. The van der Waals surface area contributed by atoms with E-state index in [-0.39, 0.29) is 5.91 Å². The van der Waals surface area contributed by atoms with Crippen LogP contribution < -0.4 is 16.0 Å². The van der Waals surface area contributed by atoms with Crippen LogP contribution in [0.5, 0.6) is 0 Å². The molecule has 5 nitrogen and oxygen atoms in total. The Balaban J connectivity index is 0. The van der Waals surface area contributed by atoms with Gasteiger partial charge in [-0.05, 0) is 0 Å². The number of hydrogen-bond donors (Lipinski definition) is 3. The van der Waals surface area contributed by atoms with E-state index in [2.05, 4.69) is 16.0 Å². The highest BCUT2D eigenvalue weighted by atomic mass is 16.1. The predicted molar refractivity (Wildman–Crippen MR) is 57.0 cm³/mol. The minimum absolute atomic E-state index is 0.0252. The van der Waals surface area contributed by atoms with E-state index in [1.165, 1.54) is 6.92 Å². The van der Waals surface area contributed by atoms with Crippen LogP contribution >= 0.6 is 0 Å². The summed E-state index contributed by atoms with van der Waals surface area (Å²) in [7, 11) is 0. The van der Waals surface area contributed by atoms with Gasteiger partial charge in [0.2, 0.25) is 12.3 Å². The topological polar surface area (TPSA) is 70.2 Å². The highest BCUT2D eigenvalue weighted by Crippen LogP contribution is 1.61. The second kappa shape index (κ2) is 14.4. The summed E-state index contributed by atoms with van der Waals surface area (Å²) in [5, 5.41) is 8.20. The lowest BCUT2D eigenvalue weighted by atomic mass is 10.5. The Morgan fingerprint density at radius 1 is 1.14 bits per heavy atom. The Kier molecular flexibility index (Phi) is 15.8. The Hall–Kier alpha value is -1.10. The third-order valence-corrected chi connectivity index (χ3v) is 1.21. The van der Waals surface area contributed by atoms with Gasteiger partial charge in [0.25, 0.3) is 0 Å². The van der Waals surface area contributed by atoms with Crippen molar-refractivity contribution in [1.29, 1.82) is 0 Å². The van der Waals surface area contributed by atoms with Gasteiger partial charge in [0.15, 0.2) is 0 Å². The fraction of sp³-hybridized carbons (Fsp3) is 0.778. The molecule has 0 fully saturated rings. The normalized spacial score (nSPS) is 8.21. The molecular weight excluding hydrogens is 182 g/mol. The number of hydrogen-bond acceptors (Lipinski definition) is 3. The van der Waals surface area contributed by atoms with Crippen LogP contribution in [0.25, 0.3) is 0 Å². The highest BCUT2D eigenvalue weighted by molar-refractivity contribution is 5.72. The lowest BCUT2D eigenvalue weighted by Crippen LogP contribution is -2.33. The molecule has 0 saturated heterocycles. The van der Waals surface area contributed by atoms with Crippen LogP contribution in [0, 0.1) is 0 Å². The standard InChI is InChI=1S/C7H15N3O2.C2H6/c1-7(12)10-5-4-8-2-3-9-6-11;1-2/h6,8H,2-5H2,1H3,(H,9,11)(H,10,12);1-2H3. The molecule has 3 N–H and O–H groups in total. The predicted octanol–water partition coefficient (Wildman–Crippen LogP) is -0.516. The largest absolute Gasteiger partial charge is 0.357 e. The van der Waals surface area contributed by atoms with Gasteiger partial charge in [-0.3, -0.25) is 9.59 Å². The van der Waals surface area contributed by atoms with Gasteiger partial charge in [-0.25, -0.2) is 0 Å². The summed E-state index contributed by atoms with van der Waals surface area (Å²) < 4.78 is 0. The van der Waals surface area contributed by atoms with Crippen molar-refractivity contribution < 1.29 is 9.59 Å². The second-order valence-electron chi connectivity index (χ2n) is 2.30. The molecule has 0 saturated carbocycles. The van der Waals surface area contributed by atoms with Crippen molar-refractivity contribution in [2.75, 3.05) is 26.2 Å². The third kappa shape index (κ3) is 17.1. The van der Waals surface area contributed by atoms with Gasteiger partial charge in [-0.2, -0.15) is 0 Å². The van der Waals surface area contributed by atoms with Crippen molar-refractivity contribution in [3.63, 3.8) is 0 Å². The van der Waals surface area contributed by atoms with E-state index >= 15 is 0 Å². The van der Waals surface area contributed by atoms with Crippen LogP contribution in [0.15, 0.2) is 0 Å². The van der Waals surface area contributed by atoms with E-state index in [0.29, 0.717) is 19.5 Å². The average molecular weight is 203 g/mol. The van der Waals surface area contributed by atoms with Gasteiger partial charge in [0.05, 0.1) is 0 Å². The summed E-state index contributed by atoms with van der Waals surface area (Å²) in [6, 6.07) is 0. The van der Waals surface area contributed by atoms with E-state index in [1.54, 1.807) is 0 Å². The molecule has 0 heterocycles. The van der Waals surface area contributed by atoms with Crippen LogP contribution in [0.3, 0.4) is 0 Å². The minimum atomic E-state index is -0.0252. The van der Waals surface area contributed by atoms with Crippen molar-refractivity contribution in [1.82, 2.24) is 16.0 Å². The maximum Gasteiger partial charge on any atom is 0.216 e. The van der Waals surface area contributed by atoms with Crippen molar-refractivity contribution >= 4 is 12.3 Å². The zero-order valence-electron chi connectivity index (χ0n) is 9.22. The van der Waals surface area contributed by atoms with E-state index in [4.69, 9.17) is 0 Å². The maximum atomic E-state index is 10.4. The molecule has 0 aliphatic carbocycles. The van der Waals surface area contributed by atoms with E-state index < -0.39 is 0 Å². The van der Waals surface area contributed by atoms with Gasteiger partial charge in [-0.15, -0.1) is 0 Å². The smallest absolute Gasteiger partial charge is 0.216 e. The van der Waals surface area contributed by atoms with E-state index in [9.17, 15) is 9.59 Å². The van der Waals surface area contributed by atoms with Crippen LogP contribution in [-0.4, -0.2) is 38.5 Å². The first-order chi connectivity index (χ1) is 6.77. The number of carbonyl (C=O) groups is 2. The minimum Gasteiger partial charge on any atom is -0.357 e. The number of carbonyl (C=O) groups excluding carboxylic acids is 2. The molecule has 84 valence electrons. The Bertz CT molecular complexity index is 140. The molecule has 0 aliphatic rings. The Morgan fingerprint density at radius 3 is 2.21 bits per heavy atom. The van der Waals surface area contributed by atoms with Crippen LogP contribution in [0.1, 0.15) is 20.8 Å². The quantitative estimate of drug-likeness (QED) is 0.385. The van der Waals surface area contributed by atoms with E-state index in [1.807, 2.05) is 13.8 Å². The highest BCUT2D eigenvalue weighted by Gasteiger charge is 1.89. The molecule has 5 heteroatoms. The molecule has 0 unspecified atom stereocenters. The zero-order valence-corrected chi connectivity index (χ0v) is 9.22. The summed E-state index contributed by atoms with van der Waals surface area (Å²) in [5.41, 5.74) is 0. The summed E-state index contributed by atoms with van der Waals surface area (Å²) in [4.78, 5) is 20.2. The van der Waals surface area contributed by atoms with Crippen LogP contribution in [0.4, 0.5) is 0 Å². The second-order valence-corrected chi connectivity index (χ2v) is 2.30. The van der Waals surface area contributed by atoms with Gasteiger partial charge >= 0.3 is 0 Å². The molecule has 0 bridgehead atoms. The van der Waals surface area contributed by atoms with E-state index in [0.717, 1.165) is 13.1 Å². The zero-order chi connectivity index (χ0) is 11.2. The fourth-order valence-corrected chi connectivity index (χ4v) is 0.671. The molecule has 0 aromatic heterocycles. The van der Waals surface area contributed by atoms with Crippen molar-refractivity contribution in [2.24, 2.45) is 0 Å². The molecule has 0 aromatic carbocycles. The monoisotopic (exact) mass is 203 g/mol. The molecule has 0 aliphatic heterocycles. The Morgan fingerprint density at radius 2 is 1.71 bits per heavy atom. The average Bonchev–Trinajstić information content (AvgIpc) is 2.19. The molecular formula is C9H21N3O2. The molecule has 0 atom stereocenters. The molecule has 2 amide bonds. The lowest BCUT2D eigenvalue weighted by molar-refractivity contribution is -0.118. The van der Waals surface area contributed by atoms with Gasteiger partial charge in [0.1, 0.15) is 0 Å². The maximum absolute atomic E-state index is 10.4. The summed E-state index contributed by atoms with van der Waals surface area (Å²) in [6.45, 7) is 8.16. The van der Waals surface area contributed by atoms with Crippen molar-refractivity contribution in [3.05, 3.63) is 0 Å². The van der Waals surface area contributed by atoms with Crippen LogP contribution in [0.2, 0.25) is 0 Å². The third-order valence-electron chi connectivity index (χ3n) is 1.21. The van der Waals surface area contributed by atoms with Crippen molar-refractivity contribution in [2.45, 2.75) is 20.8 Å². The summed E-state index contributed by atoms with van der Waals surface area (Å²) in [5.74, 6) is -0.0252. The molecule has 0 rings (SSSR count). The molecule has 0 radical (unpaired) electrons. The number of rotatable bonds is 7.